The molecule has 0 radical (unpaired) electrons. The molecule has 2 aliphatic carbocycles. The van der Waals surface area contributed by atoms with Gasteiger partial charge in [-0.3, -0.25) is 4.79 Å². The number of carbonyl (C=O) groups is 1. The maximum atomic E-state index is 12.7. The summed E-state index contributed by atoms with van der Waals surface area (Å²) in [5.74, 6) is 0.321. The van der Waals surface area contributed by atoms with Crippen LogP contribution in [0, 0.1) is 0 Å². The van der Waals surface area contributed by atoms with Crippen molar-refractivity contribution in [3.63, 3.8) is 0 Å². The van der Waals surface area contributed by atoms with Crippen molar-refractivity contribution in [3.05, 3.63) is 0 Å². The van der Waals surface area contributed by atoms with Gasteiger partial charge in [0.25, 0.3) is 0 Å². The fourth-order valence-corrected chi connectivity index (χ4v) is 3.56. The van der Waals surface area contributed by atoms with Gasteiger partial charge in [0.05, 0.1) is 12.0 Å². The van der Waals surface area contributed by atoms with Gasteiger partial charge in [-0.25, -0.2) is 0 Å². The monoisotopic (exact) mass is 280 g/mol. The molecule has 20 heavy (non-hydrogen) atoms. The first-order valence-electron chi connectivity index (χ1n) is 8.30. The molecular weight excluding hydrogens is 252 g/mol. The van der Waals surface area contributed by atoms with Crippen molar-refractivity contribution in [3.8, 4) is 0 Å². The summed E-state index contributed by atoms with van der Waals surface area (Å²) in [7, 11) is 1.76. The Morgan fingerprint density at radius 1 is 1.25 bits per heavy atom. The number of hydrogen-bond acceptors (Lipinski definition) is 3. The van der Waals surface area contributed by atoms with Crippen LogP contribution in [-0.4, -0.2) is 48.7 Å². The number of piperidine rings is 1. The van der Waals surface area contributed by atoms with Crippen molar-refractivity contribution in [1.29, 1.82) is 0 Å². The summed E-state index contributed by atoms with van der Waals surface area (Å²) in [6, 6.07) is 1.02. The fourth-order valence-electron chi connectivity index (χ4n) is 3.56. The zero-order chi connectivity index (χ0) is 14.0. The van der Waals surface area contributed by atoms with Crippen LogP contribution in [0.25, 0.3) is 0 Å². The quantitative estimate of drug-likeness (QED) is 0.810. The average Bonchev–Trinajstić information content (AvgIpc) is 3.25. The number of rotatable bonds is 6. The molecule has 3 fully saturated rings. The highest BCUT2D eigenvalue weighted by Gasteiger charge is 2.42. The zero-order valence-corrected chi connectivity index (χ0v) is 12.7. The van der Waals surface area contributed by atoms with Crippen LogP contribution in [0.3, 0.4) is 0 Å². The van der Waals surface area contributed by atoms with Crippen molar-refractivity contribution in [2.45, 2.75) is 75.5 Å². The lowest BCUT2D eigenvalue weighted by Gasteiger charge is -2.41. The molecule has 3 aliphatic rings. The predicted molar refractivity (Wildman–Crippen MR) is 78.6 cm³/mol. The Morgan fingerprint density at radius 2 is 2.05 bits per heavy atom. The molecule has 1 heterocycles. The molecule has 0 aromatic carbocycles. The van der Waals surface area contributed by atoms with Crippen molar-refractivity contribution in [2.24, 2.45) is 0 Å². The molecule has 4 heteroatoms. The summed E-state index contributed by atoms with van der Waals surface area (Å²) >= 11 is 0. The van der Waals surface area contributed by atoms with E-state index in [2.05, 4.69) is 10.2 Å². The number of methoxy groups -OCH3 is 1. The van der Waals surface area contributed by atoms with Gasteiger partial charge < -0.3 is 15.0 Å². The molecule has 4 nitrogen and oxygen atoms in total. The third kappa shape index (κ3) is 3.17. The van der Waals surface area contributed by atoms with Crippen LogP contribution in [0.1, 0.15) is 57.8 Å². The molecule has 1 amide bonds. The highest BCUT2D eigenvalue weighted by atomic mass is 16.5. The minimum atomic E-state index is -0.135. The summed E-state index contributed by atoms with van der Waals surface area (Å²) in [5.41, 5.74) is -0.135. The van der Waals surface area contributed by atoms with Crippen LogP contribution in [0.2, 0.25) is 0 Å². The van der Waals surface area contributed by atoms with E-state index >= 15 is 0 Å². The second kappa shape index (κ2) is 6.02. The molecule has 0 aromatic rings. The van der Waals surface area contributed by atoms with Crippen molar-refractivity contribution < 1.29 is 9.53 Å². The fraction of sp³-hybridized carbons (Fsp3) is 0.938. The number of nitrogens with zero attached hydrogens (tertiary/aromatic N) is 1. The molecule has 0 spiro atoms. The number of carbonyl (C=O) groups excluding carboxylic acids is 1. The van der Waals surface area contributed by atoms with Crippen LogP contribution in [0.5, 0.6) is 0 Å². The number of ether oxygens (including phenoxy) is 1. The van der Waals surface area contributed by atoms with Crippen molar-refractivity contribution in [1.82, 2.24) is 10.2 Å². The Bertz CT molecular complexity index is 339. The Morgan fingerprint density at radius 3 is 2.55 bits per heavy atom. The number of hydrogen-bond donors (Lipinski definition) is 1. The van der Waals surface area contributed by atoms with Gasteiger partial charge in [0.2, 0.25) is 5.91 Å². The van der Waals surface area contributed by atoms with E-state index in [0.29, 0.717) is 24.4 Å². The van der Waals surface area contributed by atoms with Crippen molar-refractivity contribution >= 4 is 5.91 Å². The number of amides is 1. The highest BCUT2D eigenvalue weighted by molar-refractivity contribution is 5.78. The van der Waals surface area contributed by atoms with E-state index < -0.39 is 0 Å². The second-order valence-corrected chi connectivity index (χ2v) is 6.84. The lowest BCUT2D eigenvalue weighted by atomic mass is 9.77. The van der Waals surface area contributed by atoms with Gasteiger partial charge in [-0.15, -0.1) is 0 Å². The molecule has 0 aromatic heterocycles. The molecule has 2 saturated carbocycles. The highest BCUT2D eigenvalue weighted by Crippen LogP contribution is 2.39. The molecular formula is C16H28N2O2. The van der Waals surface area contributed by atoms with E-state index in [1.807, 2.05) is 0 Å². The van der Waals surface area contributed by atoms with E-state index in [1.165, 1.54) is 38.5 Å². The maximum absolute atomic E-state index is 12.7. The summed E-state index contributed by atoms with van der Waals surface area (Å²) < 4.78 is 5.62. The SMILES string of the molecule is COC1(CC(=O)N(CC2CCCCN2)C2CC2)CCC1. The molecule has 1 atom stereocenters. The minimum Gasteiger partial charge on any atom is -0.378 e. The second-order valence-electron chi connectivity index (χ2n) is 6.84. The molecule has 114 valence electrons. The van der Waals surface area contributed by atoms with Gasteiger partial charge in [-0.05, 0) is 51.5 Å². The van der Waals surface area contributed by atoms with Gasteiger partial charge in [-0.1, -0.05) is 6.42 Å². The lowest BCUT2D eigenvalue weighted by molar-refractivity contribution is -0.145. The Balaban J connectivity index is 1.56. The topological polar surface area (TPSA) is 41.6 Å². The first-order valence-corrected chi connectivity index (χ1v) is 8.30. The van der Waals surface area contributed by atoms with Gasteiger partial charge in [0, 0.05) is 25.7 Å². The number of nitrogens with one attached hydrogen (secondary N) is 1. The van der Waals surface area contributed by atoms with Gasteiger partial charge >= 0.3 is 0 Å². The van der Waals surface area contributed by atoms with Crippen LogP contribution in [0.4, 0.5) is 0 Å². The summed E-state index contributed by atoms with van der Waals surface area (Å²) in [6.07, 6.45) is 10.1. The van der Waals surface area contributed by atoms with Gasteiger partial charge in [-0.2, -0.15) is 0 Å². The van der Waals surface area contributed by atoms with E-state index in [0.717, 1.165) is 25.9 Å². The van der Waals surface area contributed by atoms with Crippen LogP contribution < -0.4 is 5.32 Å². The van der Waals surface area contributed by atoms with E-state index in [9.17, 15) is 4.79 Å². The normalized spacial score (nSPS) is 28.8. The molecule has 1 N–H and O–H groups in total. The standard InChI is InChI=1S/C16H28N2O2/c1-20-16(8-4-9-16)11-15(19)18(14-6-7-14)12-13-5-2-3-10-17-13/h13-14,17H,2-12H2,1H3. The van der Waals surface area contributed by atoms with E-state index in [1.54, 1.807) is 7.11 Å². The van der Waals surface area contributed by atoms with Crippen molar-refractivity contribution in [2.75, 3.05) is 20.2 Å². The first-order chi connectivity index (χ1) is 9.72. The lowest BCUT2D eigenvalue weighted by Crippen LogP contribution is -2.50. The molecule has 0 bridgehead atoms. The zero-order valence-electron chi connectivity index (χ0n) is 12.7. The Hall–Kier alpha value is -0.610. The molecule has 1 aliphatic heterocycles. The van der Waals surface area contributed by atoms with Crippen LogP contribution in [-0.2, 0) is 9.53 Å². The average molecular weight is 280 g/mol. The Kier molecular flexibility index (Phi) is 4.32. The maximum Gasteiger partial charge on any atom is 0.225 e. The smallest absolute Gasteiger partial charge is 0.225 e. The van der Waals surface area contributed by atoms with E-state index in [-0.39, 0.29) is 5.60 Å². The van der Waals surface area contributed by atoms with Gasteiger partial charge in [0.1, 0.15) is 0 Å². The van der Waals surface area contributed by atoms with Gasteiger partial charge in [0.15, 0.2) is 0 Å². The third-order valence-corrected chi connectivity index (χ3v) is 5.31. The van der Waals surface area contributed by atoms with E-state index in [4.69, 9.17) is 4.74 Å². The largest absolute Gasteiger partial charge is 0.378 e. The summed E-state index contributed by atoms with van der Waals surface area (Å²) in [6.45, 7) is 2.02. The molecule has 1 saturated heterocycles. The molecule has 1 unspecified atom stereocenters. The first kappa shape index (κ1) is 14.3. The summed E-state index contributed by atoms with van der Waals surface area (Å²) in [4.78, 5) is 14.8. The van der Waals surface area contributed by atoms with Crippen LogP contribution >= 0.6 is 0 Å². The minimum absolute atomic E-state index is 0.135. The Labute approximate surface area is 122 Å². The van der Waals surface area contributed by atoms with Crippen LogP contribution in [0.15, 0.2) is 0 Å². The third-order valence-electron chi connectivity index (χ3n) is 5.31. The molecule has 3 rings (SSSR count). The summed E-state index contributed by atoms with van der Waals surface area (Å²) in [5, 5.41) is 3.57. The predicted octanol–water partition coefficient (Wildman–Crippen LogP) is 2.08.